The summed E-state index contributed by atoms with van der Waals surface area (Å²) in [4.78, 5) is 34.3. The highest BCUT2D eigenvalue weighted by Crippen LogP contribution is 2.11. The van der Waals surface area contributed by atoms with Gasteiger partial charge in [0.05, 0.1) is 0 Å². The first kappa shape index (κ1) is 13.6. The molecule has 20 heavy (non-hydrogen) atoms. The van der Waals surface area contributed by atoms with Crippen LogP contribution in [0.1, 0.15) is 17.3 Å². The van der Waals surface area contributed by atoms with Crippen molar-refractivity contribution in [3.8, 4) is 0 Å². The molecule has 1 aromatic rings. The second-order valence-corrected chi connectivity index (χ2v) is 3.96. The van der Waals surface area contributed by atoms with E-state index in [2.05, 4.69) is 10.6 Å². The summed E-state index contributed by atoms with van der Waals surface area (Å²) in [6.07, 6.45) is 1.12. The molecular formula is C13H12N2O5. The van der Waals surface area contributed by atoms with Crippen molar-refractivity contribution in [1.29, 1.82) is 0 Å². The van der Waals surface area contributed by atoms with Gasteiger partial charge in [-0.1, -0.05) is 12.1 Å². The van der Waals surface area contributed by atoms with Crippen molar-refractivity contribution in [3.05, 3.63) is 41.9 Å². The lowest BCUT2D eigenvalue weighted by Crippen LogP contribution is -2.35. The monoisotopic (exact) mass is 276 g/mol. The van der Waals surface area contributed by atoms with Gasteiger partial charge in [0.2, 0.25) is 12.6 Å². The van der Waals surface area contributed by atoms with Crippen LogP contribution in [0.25, 0.3) is 0 Å². The minimum absolute atomic E-state index is 0.0506. The zero-order chi connectivity index (χ0) is 14.5. The lowest BCUT2D eigenvalue weighted by molar-refractivity contribution is -0.119. The number of nitrogens with one attached hydrogen (secondary N) is 2. The average molecular weight is 276 g/mol. The Balaban J connectivity index is 1.96. The van der Waals surface area contributed by atoms with E-state index in [1.807, 2.05) is 0 Å². The van der Waals surface area contributed by atoms with E-state index >= 15 is 0 Å². The first-order chi connectivity index (χ1) is 9.56. The summed E-state index contributed by atoms with van der Waals surface area (Å²) in [6.45, 7) is 1.37. The molecule has 2 rings (SSSR count). The largest absolute Gasteiger partial charge is 0.461 e. The Morgan fingerprint density at radius 3 is 2.70 bits per heavy atom. The van der Waals surface area contributed by atoms with Crippen molar-refractivity contribution in [2.45, 2.75) is 6.92 Å². The normalized spacial score (nSPS) is 12.8. The summed E-state index contributed by atoms with van der Waals surface area (Å²) in [7, 11) is 0. The highest BCUT2D eigenvalue weighted by Gasteiger charge is 2.18. The molecule has 0 atom stereocenters. The molecule has 0 fully saturated rings. The van der Waals surface area contributed by atoms with Crippen LogP contribution in [-0.4, -0.2) is 24.5 Å². The summed E-state index contributed by atoms with van der Waals surface area (Å²) in [6, 6.07) is 5.65. The number of amides is 3. The highest BCUT2D eigenvalue weighted by atomic mass is 16.7. The smallest absolute Gasteiger partial charge is 0.326 e. The number of anilines is 1. The number of Topliss-reactive ketones (excluding diaryl/α,β-unsaturated/α-hetero) is 1. The summed E-state index contributed by atoms with van der Waals surface area (Å²) < 4.78 is 9.52. The first-order valence-corrected chi connectivity index (χ1v) is 5.74. The minimum Gasteiger partial charge on any atom is -0.461 e. The Labute approximate surface area is 114 Å². The van der Waals surface area contributed by atoms with Gasteiger partial charge in [0.1, 0.15) is 6.26 Å². The Hall–Kier alpha value is -2.83. The number of hydrogen-bond donors (Lipinski definition) is 2. The van der Waals surface area contributed by atoms with Crippen molar-refractivity contribution in [2.24, 2.45) is 0 Å². The number of rotatable bonds is 3. The molecule has 104 valence electrons. The SMILES string of the molecule is CC(=O)c1cccc(NC(=O)NC(=O)C2=COCO2)c1. The topological polar surface area (TPSA) is 93.7 Å². The average Bonchev–Trinajstić information content (AvgIpc) is 2.92. The molecule has 1 aromatic carbocycles. The standard InChI is InChI=1S/C13H12N2O5/c1-8(16)9-3-2-4-10(5-9)14-13(18)15-12(17)11-6-19-7-20-11/h2-6H,7H2,1H3,(H2,14,15,17,18). The number of imide groups is 1. The van der Waals surface area contributed by atoms with Gasteiger partial charge in [0.15, 0.2) is 5.78 Å². The van der Waals surface area contributed by atoms with Gasteiger partial charge in [0, 0.05) is 11.3 Å². The van der Waals surface area contributed by atoms with E-state index < -0.39 is 11.9 Å². The van der Waals surface area contributed by atoms with Crippen LogP contribution in [0.4, 0.5) is 10.5 Å². The van der Waals surface area contributed by atoms with E-state index in [1.54, 1.807) is 18.2 Å². The third kappa shape index (κ3) is 3.35. The Bertz CT molecular complexity index is 594. The molecule has 0 aliphatic carbocycles. The Morgan fingerprint density at radius 2 is 2.05 bits per heavy atom. The predicted molar refractivity (Wildman–Crippen MR) is 68.7 cm³/mol. The fourth-order valence-electron chi connectivity index (χ4n) is 1.50. The number of carbonyl (C=O) groups excluding carboxylic acids is 3. The molecule has 1 aliphatic rings. The number of carbonyl (C=O) groups is 3. The van der Waals surface area contributed by atoms with Crippen LogP contribution in [0, 0.1) is 0 Å². The fraction of sp³-hybridized carbons (Fsp3) is 0.154. The van der Waals surface area contributed by atoms with Crippen molar-refractivity contribution in [2.75, 3.05) is 12.1 Å². The van der Waals surface area contributed by atoms with Gasteiger partial charge in [-0.15, -0.1) is 0 Å². The van der Waals surface area contributed by atoms with Crippen molar-refractivity contribution in [3.63, 3.8) is 0 Å². The van der Waals surface area contributed by atoms with Crippen LogP contribution in [0.5, 0.6) is 0 Å². The van der Waals surface area contributed by atoms with Gasteiger partial charge < -0.3 is 14.8 Å². The second kappa shape index (κ2) is 5.87. The fourth-order valence-corrected chi connectivity index (χ4v) is 1.50. The summed E-state index contributed by atoms with van der Waals surface area (Å²) in [5, 5.41) is 4.52. The quantitative estimate of drug-likeness (QED) is 0.813. The van der Waals surface area contributed by atoms with Crippen LogP contribution >= 0.6 is 0 Å². The number of benzene rings is 1. The lowest BCUT2D eigenvalue weighted by Gasteiger charge is -2.07. The van der Waals surface area contributed by atoms with Crippen molar-refractivity contribution < 1.29 is 23.9 Å². The molecule has 1 aliphatic heterocycles. The maximum absolute atomic E-state index is 11.6. The molecule has 0 saturated heterocycles. The number of ketones is 1. The van der Waals surface area contributed by atoms with Crippen LogP contribution < -0.4 is 10.6 Å². The molecular weight excluding hydrogens is 264 g/mol. The minimum atomic E-state index is -0.730. The van der Waals surface area contributed by atoms with Crippen LogP contribution in [0.2, 0.25) is 0 Å². The molecule has 0 aromatic heterocycles. The maximum atomic E-state index is 11.6. The molecule has 0 unspecified atom stereocenters. The molecule has 0 spiro atoms. The van der Waals surface area contributed by atoms with Gasteiger partial charge in [0.25, 0.3) is 5.91 Å². The summed E-state index contributed by atoms with van der Waals surface area (Å²) in [5.41, 5.74) is 0.866. The van der Waals surface area contributed by atoms with Crippen LogP contribution in [0.15, 0.2) is 36.3 Å². The zero-order valence-electron chi connectivity index (χ0n) is 10.6. The van der Waals surface area contributed by atoms with Crippen molar-refractivity contribution >= 4 is 23.4 Å². The molecule has 0 radical (unpaired) electrons. The summed E-state index contributed by atoms with van der Waals surface area (Å²) in [5.74, 6) is -0.896. The van der Waals surface area contributed by atoms with Gasteiger partial charge in [-0.25, -0.2) is 4.79 Å². The third-order valence-corrected chi connectivity index (χ3v) is 2.45. The maximum Gasteiger partial charge on any atom is 0.326 e. The van der Waals surface area contributed by atoms with E-state index in [9.17, 15) is 14.4 Å². The van der Waals surface area contributed by atoms with E-state index in [0.29, 0.717) is 11.3 Å². The Kier molecular flexibility index (Phi) is 3.99. The summed E-state index contributed by atoms with van der Waals surface area (Å²) >= 11 is 0. The second-order valence-electron chi connectivity index (χ2n) is 3.96. The molecule has 3 amide bonds. The van der Waals surface area contributed by atoms with Crippen LogP contribution in [0.3, 0.4) is 0 Å². The van der Waals surface area contributed by atoms with Crippen LogP contribution in [-0.2, 0) is 14.3 Å². The van der Waals surface area contributed by atoms with Gasteiger partial charge in [-0.2, -0.15) is 0 Å². The number of ether oxygens (including phenoxy) is 2. The third-order valence-electron chi connectivity index (χ3n) is 2.45. The van der Waals surface area contributed by atoms with Gasteiger partial charge in [-0.05, 0) is 19.1 Å². The van der Waals surface area contributed by atoms with Gasteiger partial charge >= 0.3 is 6.03 Å². The zero-order valence-corrected chi connectivity index (χ0v) is 10.6. The predicted octanol–water partition coefficient (Wildman–Crippen LogP) is 1.38. The lowest BCUT2D eigenvalue weighted by atomic mass is 10.1. The number of hydrogen-bond acceptors (Lipinski definition) is 5. The molecule has 7 nitrogen and oxygen atoms in total. The molecule has 7 heteroatoms. The Morgan fingerprint density at radius 1 is 1.25 bits per heavy atom. The molecule has 1 heterocycles. The van der Waals surface area contributed by atoms with E-state index in [-0.39, 0.29) is 18.3 Å². The van der Waals surface area contributed by atoms with E-state index in [0.717, 1.165) is 6.26 Å². The van der Waals surface area contributed by atoms with E-state index in [4.69, 9.17) is 9.47 Å². The van der Waals surface area contributed by atoms with Crippen molar-refractivity contribution in [1.82, 2.24) is 5.32 Å². The molecule has 2 N–H and O–H groups in total. The highest BCUT2D eigenvalue weighted by molar-refractivity contribution is 6.07. The van der Waals surface area contributed by atoms with Gasteiger partial charge in [-0.3, -0.25) is 14.9 Å². The first-order valence-electron chi connectivity index (χ1n) is 5.74. The van der Waals surface area contributed by atoms with E-state index in [1.165, 1.54) is 13.0 Å². The number of urea groups is 1. The molecule has 0 saturated carbocycles. The molecule has 0 bridgehead atoms.